The molecule has 0 unspecified atom stereocenters. The molecule has 134 valence electrons. The molecule has 1 aromatic heterocycles. The molecule has 0 atom stereocenters. The van der Waals surface area contributed by atoms with Crippen molar-refractivity contribution >= 4 is 15.7 Å². The van der Waals surface area contributed by atoms with Crippen LogP contribution < -0.4 is 9.64 Å². The molecule has 0 bridgehead atoms. The number of hydrogen-bond acceptors (Lipinski definition) is 6. The quantitative estimate of drug-likeness (QED) is 0.809. The van der Waals surface area contributed by atoms with Gasteiger partial charge in [-0.2, -0.15) is 0 Å². The van der Waals surface area contributed by atoms with Gasteiger partial charge in [0.1, 0.15) is 16.5 Å². The lowest BCUT2D eigenvalue weighted by Crippen LogP contribution is -2.46. The summed E-state index contributed by atoms with van der Waals surface area (Å²) in [6, 6.07) is 11.3. The third-order valence-corrected chi connectivity index (χ3v) is 5.53. The van der Waals surface area contributed by atoms with Gasteiger partial charge in [-0.15, -0.1) is 0 Å². The number of benzene rings is 1. The molecule has 1 aliphatic heterocycles. The van der Waals surface area contributed by atoms with Crippen molar-refractivity contribution in [1.29, 1.82) is 0 Å². The Morgan fingerprint density at radius 1 is 1.08 bits per heavy atom. The van der Waals surface area contributed by atoms with Crippen molar-refractivity contribution in [3.05, 3.63) is 48.2 Å². The first-order valence-corrected chi connectivity index (χ1v) is 10.1. The topological polar surface area (TPSA) is 62.7 Å². The van der Waals surface area contributed by atoms with Crippen LogP contribution in [0.5, 0.6) is 5.75 Å². The van der Waals surface area contributed by atoms with Crippen LogP contribution in [0.1, 0.15) is 5.56 Å². The summed E-state index contributed by atoms with van der Waals surface area (Å²) in [7, 11) is -1.60. The maximum atomic E-state index is 12.0. The van der Waals surface area contributed by atoms with Gasteiger partial charge in [-0.25, -0.2) is 13.4 Å². The molecule has 0 amide bonds. The van der Waals surface area contributed by atoms with Gasteiger partial charge in [-0.1, -0.05) is 18.2 Å². The molecule has 0 saturated carbocycles. The first kappa shape index (κ1) is 17.7. The van der Waals surface area contributed by atoms with Crippen molar-refractivity contribution in [3.63, 3.8) is 0 Å². The summed E-state index contributed by atoms with van der Waals surface area (Å²) in [6.07, 6.45) is 2.87. The third-order valence-electron chi connectivity index (χ3n) is 4.41. The molecular formula is C18H23N3O3S. The van der Waals surface area contributed by atoms with Gasteiger partial charge in [0.15, 0.2) is 9.84 Å². The highest BCUT2D eigenvalue weighted by molar-refractivity contribution is 7.90. The van der Waals surface area contributed by atoms with Crippen molar-refractivity contribution < 1.29 is 13.2 Å². The van der Waals surface area contributed by atoms with Crippen molar-refractivity contribution in [2.45, 2.75) is 11.4 Å². The normalized spacial score (nSPS) is 16.0. The van der Waals surface area contributed by atoms with Gasteiger partial charge < -0.3 is 9.64 Å². The van der Waals surface area contributed by atoms with E-state index in [0.29, 0.717) is 10.7 Å². The summed E-state index contributed by atoms with van der Waals surface area (Å²) in [6.45, 7) is 4.00. The maximum Gasteiger partial charge on any atom is 0.179 e. The molecule has 1 aromatic carbocycles. The lowest BCUT2D eigenvalue weighted by Gasteiger charge is -2.36. The zero-order chi connectivity index (χ0) is 17.9. The van der Waals surface area contributed by atoms with Crippen LogP contribution in [-0.2, 0) is 16.4 Å². The maximum absolute atomic E-state index is 12.0. The molecule has 1 aliphatic rings. The first-order valence-electron chi connectivity index (χ1n) is 8.23. The Morgan fingerprint density at radius 2 is 1.80 bits per heavy atom. The highest BCUT2D eigenvalue weighted by Crippen LogP contribution is 2.25. The van der Waals surface area contributed by atoms with Crippen LogP contribution >= 0.6 is 0 Å². The van der Waals surface area contributed by atoms with E-state index in [9.17, 15) is 8.42 Å². The second kappa shape index (κ2) is 7.41. The molecule has 2 aromatic rings. The van der Waals surface area contributed by atoms with E-state index >= 15 is 0 Å². The highest BCUT2D eigenvalue weighted by atomic mass is 32.2. The number of methoxy groups -OCH3 is 1. The number of anilines is 1. The number of rotatable bonds is 5. The molecule has 1 saturated heterocycles. The minimum Gasteiger partial charge on any atom is -0.496 e. The number of ether oxygens (including phenoxy) is 1. The molecular weight excluding hydrogens is 338 g/mol. The van der Waals surface area contributed by atoms with E-state index in [2.05, 4.69) is 20.9 Å². The number of para-hydroxylation sites is 1. The Balaban J connectivity index is 1.69. The van der Waals surface area contributed by atoms with Gasteiger partial charge in [0.05, 0.1) is 7.11 Å². The molecule has 0 aliphatic carbocycles. The smallest absolute Gasteiger partial charge is 0.179 e. The molecule has 25 heavy (non-hydrogen) atoms. The third kappa shape index (κ3) is 4.11. The number of piperazine rings is 1. The van der Waals surface area contributed by atoms with Gasteiger partial charge >= 0.3 is 0 Å². The minimum atomic E-state index is -3.29. The zero-order valence-corrected chi connectivity index (χ0v) is 15.4. The lowest BCUT2D eigenvalue weighted by molar-refractivity contribution is 0.245. The molecule has 0 spiro atoms. The predicted octanol–water partition coefficient (Wildman–Crippen LogP) is 1.82. The summed E-state index contributed by atoms with van der Waals surface area (Å²) < 4.78 is 29.4. The summed E-state index contributed by atoms with van der Waals surface area (Å²) in [5, 5.41) is 0. The van der Waals surface area contributed by atoms with E-state index in [4.69, 9.17) is 4.74 Å². The predicted molar refractivity (Wildman–Crippen MR) is 97.8 cm³/mol. The van der Waals surface area contributed by atoms with E-state index in [1.165, 1.54) is 6.26 Å². The number of sulfone groups is 1. The van der Waals surface area contributed by atoms with E-state index in [1.807, 2.05) is 18.2 Å². The Morgan fingerprint density at radius 3 is 2.48 bits per heavy atom. The van der Waals surface area contributed by atoms with Gasteiger partial charge in [-0.3, -0.25) is 4.90 Å². The van der Waals surface area contributed by atoms with E-state index in [1.54, 1.807) is 25.4 Å². The van der Waals surface area contributed by atoms with E-state index < -0.39 is 9.84 Å². The fourth-order valence-corrected chi connectivity index (χ4v) is 3.94. The molecule has 2 heterocycles. The number of nitrogens with zero attached hydrogens (tertiary/aromatic N) is 3. The van der Waals surface area contributed by atoms with Crippen LogP contribution in [-0.4, -0.2) is 57.8 Å². The highest BCUT2D eigenvalue weighted by Gasteiger charge is 2.23. The second-order valence-corrected chi connectivity index (χ2v) is 8.16. The Bertz CT molecular complexity index is 831. The molecule has 1 fully saturated rings. The Labute approximate surface area is 149 Å². The van der Waals surface area contributed by atoms with Crippen LogP contribution in [0, 0.1) is 0 Å². The van der Waals surface area contributed by atoms with E-state index in [-0.39, 0.29) is 0 Å². The van der Waals surface area contributed by atoms with Crippen LogP contribution in [0.4, 0.5) is 5.82 Å². The Kier molecular flexibility index (Phi) is 5.24. The number of aromatic nitrogens is 1. The summed E-state index contributed by atoms with van der Waals surface area (Å²) in [4.78, 5) is 9.01. The van der Waals surface area contributed by atoms with Crippen molar-refractivity contribution in [2.75, 3.05) is 44.4 Å². The van der Waals surface area contributed by atoms with Gasteiger partial charge in [0, 0.05) is 50.7 Å². The van der Waals surface area contributed by atoms with Crippen molar-refractivity contribution in [1.82, 2.24) is 9.88 Å². The fraction of sp³-hybridized carbons (Fsp3) is 0.389. The van der Waals surface area contributed by atoms with Crippen LogP contribution in [0.2, 0.25) is 0 Å². The van der Waals surface area contributed by atoms with Gasteiger partial charge in [0.25, 0.3) is 0 Å². The standard InChI is InChI=1S/C18H23N3O3S/c1-24-16-7-4-3-6-15(16)14-20-10-12-21(13-11-20)18-17(25(2,22)23)8-5-9-19-18/h3-9H,10-14H2,1-2H3. The molecule has 0 radical (unpaired) electrons. The summed E-state index contributed by atoms with van der Waals surface area (Å²) >= 11 is 0. The SMILES string of the molecule is COc1ccccc1CN1CCN(c2ncccc2S(C)(=O)=O)CC1. The van der Waals surface area contributed by atoms with E-state index in [0.717, 1.165) is 44.0 Å². The van der Waals surface area contributed by atoms with Crippen molar-refractivity contribution in [2.24, 2.45) is 0 Å². The summed E-state index contributed by atoms with van der Waals surface area (Å²) in [5.41, 5.74) is 1.16. The lowest BCUT2D eigenvalue weighted by atomic mass is 10.1. The van der Waals surface area contributed by atoms with Crippen molar-refractivity contribution in [3.8, 4) is 5.75 Å². The summed E-state index contributed by atoms with van der Waals surface area (Å²) in [5.74, 6) is 1.45. The molecule has 3 rings (SSSR count). The number of hydrogen-bond donors (Lipinski definition) is 0. The van der Waals surface area contributed by atoms with Crippen LogP contribution in [0.25, 0.3) is 0 Å². The molecule has 6 nitrogen and oxygen atoms in total. The van der Waals surface area contributed by atoms with Crippen LogP contribution in [0.15, 0.2) is 47.5 Å². The fourth-order valence-electron chi connectivity index (χ4n) is 3.10. The Hall–Kier alpha value is -2.12. The second-order valence-electron chi connectivity index (χ2n) is 6.17. The first-order chi connectivity index (χ1) is 12.0. The monoisotopic (exact) mass is 361 g/mol. The molecule has 0 N–H and O–H groups in total. The van der Waals surface area contributed by atoms with Gasteiger partial charge in [-0.05, 0) is 18.2 Å². The zero-order valence-electron chi connectivity index (χ0n) is 14.6. The average molecular weight is 361 g/mol. The number of pyridine rings is 1. The minimum absolute atomic E-state index is 0.299. The van der Waals surface area contributed by atoms with Crippen LogP contribution in [0.3, 0.4) is 0 Å². The largest absolute Gasteiger partial charge is 0.496 e. The van der Waals surface area contributed by atoms with Gasteiger partial charge in [0.2, 0.25) is 0 Å². The molecule has 7 heteroatoms. The average Bonchev–Trinajstić information content (AvgIpc) is 2.62.